The highest BCUT2D eigenvalue weighted by molar-refractivity contribution is 6.08. The molecule has 1 amide bonds. The smallest absolute Gasteiger partial charge is 0.321 e. The van der Waals surface area contributed by atoms with Crippen molar-refractivity contribution in [2.45, 2.75) is 32.7 Å². The molecule has 2 heterocycles. The fourth-order valence-corrected chi connectivity index (χ4v) is 4.46. The highest BCUT2D eigenvalue weighted by Gasteiger charge is 2.48. The Hall–Kier alpha value is -3.75. The van der Waals surface area contributed by atoms with Crippen LogP contribution in [-0.4, -0.2) is 53.9 Å². The van der Waals surface area contributed by atoms with Gasteiger partial charge in [-0.3, -0.25) is 14.5 Å². The van der Waals surface area contributed by atoms with Gasteiger partial charge < -0.3 is 23.9 Å². The van der Waals surface area contributed by atoms with E-state index in [9.17, 15) is 14.7 Å². The number of carbonyl (C=O) groups is 2. The Balaban J connectivity index is 2.03. The molecule has 0 radical (unpaired) electrons. The van der Waals surface area contributed by atoms with Gasteiger partial charge in [0.05, 0.1) is 37.9 Å². The van der Waals surface area contributed by atoms with Crippen LogP contribution in [0.25, 0.3) is 11.0 Å². The van der Waals surface area contributed by atoms with Gasteiger partial charge in [0.1, 0.15) is 0 Å². The van der Waals surface area contributed by atoms with Crippen LogP contribution >= 0.6 is 0 Å². The van der Waals surface area contributed by atoms with Crippen LogP contribution in [0.5, 0.6) is 17.2 Å². The molecule has 9 nitrogen and oxygen atoms in total. The van der Waals surface area contributed by atoms with Gasteiger partial charge in [-0.15, -0.1) is 0 Å². The van der Waals surface area contributed by atoms with Crippen LogP contribution in [0.3, 0.4) is 0 Å². The molecule has 0 bridgehead atoms. The predicted octanol–water partition coefficient (Wildman–Crippen LogP) is 3.67. The van der Waals surface area contributed by atoms with Crippen LogP contribution in [0, 0.1) is 5.92 Å². The van der Waals surface area contributed by atoms with Gasteiger partial charge in [-0.2, -0.15) is 0 Å². The van der Waals surface area contributed by atoms with Gasteiger partial charge in [0.2, 0.25) is 17.6 Å². The largest absolute Gasteiger partial charge is 0.502 e. The zero-order chi connectivity index (χ0) is 24.4. The molecule has 0 saturated heterocycles. The maximum atomic E-state index is 13.8. The van der Waals surface area contributed by atoms with E-state index < -0.39 is 17.9 Å². The van der Waals surface area contributed by atoms with Crippen molar-refractivity contribution >= 4 is 28.9 Å². The van der Waals surface area contributed by atoms with E-state index in [1.807, 2.05) is 35.8 Å². The number of hydrogen-bond acceptors (Lipinski definition) is 7. The first-order valence-electron chi connectivity index (χ1n) is 11.4. The SMILES string of the molecule is CCCCN1C(=O)[C@H](C(=O)OCC)[C@H](c2cc(OC)c(O)c(OC)c2)n2c1nc1ccccc12. The number of methoxy groups -OCH3 is 2. The first kappa shape index (κ1) is 23.4. The Labute approximate surface area is 197 Å². The van der Waals surface area contributed by atoms with E-state index in [1.54, 1.807) is 24.0 Å². The highest BCUT2D eigenvalue weighted by Crippen LogP contribution is 2.46. The number of aromatic hydroxyl groups is 1. The number of nitrogens with zero attached hydrogens (tertiary/aromatic N) is 3. The number of carbonyl (C=O) groups excluding carboxylic acids is 2. The van der Waals surface area contributed by atoms with Gasteiger partial charge in [0.15, 0.2) is 17.4 Å². The number of esters is 1. The van der Waals surface area contributed by atoms with E-state index in [1.165, 1.54) is 14.2 Å². The number of aromatic nitrogens is 2. The van der Waals surface area contributed by atoms with Gasteiger partial charge >= 0.3 is 5.97 Å². The lowest BCUT2D eigenvalue weighted by Crippen LogP contribution is -2.50. The summed E-state index contributed by atoms with van der Waals surface area (Å²) in [5, 5.41) is 10.5. The van der Waals surface area contributed by atoms with Crippen LogP contribution in [0.1, 0.15) is 38.3 Å². The molecule has 4 rings (SSSR count). The van der Waals surface area contributed by atoms with E-state index in [-0.39, 0.29) is 29.8 Å². The summed E-state index contributed by atoms with van der Waals surface area (Å²) in [5.74, 6) is -1.49. The third-order valence-corrected chi connectivity index (χ3v) is 6.06. The molecule has 1 aromatic heterocycles. The lowest BCUT2D eigenvalue weighted by atomic mass is 9.89. The molecule has 2 aromatic carbocycles. The molecule has 0 aliphatic carbocycles. The van der Waals surface area contributed by atoms with Crippen molar-refractivity contribution in [3.63, 3.8) is 0 Å². The van der Waals surface area contributed by atoms with Crippen molar-refractivity contribution in [2.75, 3.05) is 32.3 Å². The summed E-state index contributed by atoms with van der Waals surface area (Å²) in [7, 11) is 2.86. The van der Waals surface area contributed by atoms with Gasteiger partial charge in [0, 0.05) is 6.54 Å². The number of para-hydroxylation sites is 2. The number of ether oxygens (including phenoxy) is 3. The first-order chi connectivity index (χ1) is 16.5. The quantitative estimate of drug-likeness (QED) is 0.398. The van der Waals surface area contributed by atoms with E-state index in [0.717, 1.165) is 18.4 Å². The number of anilines is 1. The van der Waals surface area contributed by atoms with Gasteiger partial charge in [-0.25, -0.2) is 4.98 Å². The van der Waals surface area contributed by atoms with E-state index in [2.05, 4.69) is 0 Å². The van der Waals surface area contributed by atoms with Crippen LogP contribution in [0.4, 0.5) is 5.95 Å². The van der Waals surface area contributed by atoms with Crippen molar-refractivity contribution in [3.05, 3.63) is 42.0 Å². The van der Waals surface area contributed by atoms with Crippen LogP contribution in [0.2, 0.25) is 0 Å². The molecular weight excluding hydrogens is 438 g/mol. The zero-order valence-electron chi connectivity index (χ0n) is 19.8. The highest BCUT2D eigenvalue weighted by atomic mass is 16.5. The first-order valence-corrected chi connectivity index (χ1v) is 11.4. The molecule has 0 unspecified atom stereocenters. The second kappa shape index (κ2) is 9.62. The number of fused-ring (bicyclic) bond motifs is 3. The number of phenols is 1. The molecule has 180 valence electrons. The van der Waals surface area contributed by atoms with Gasteiger partial charge in [0.25, 0.3) is 0 Å². The van der Waals surface area contributed by atoms with Crippen LogP contribution in [0.15, 0.2) is 36.4 Å². The minimum Gasteiger partial charge on any atom is -0.502 e. The summed E-state index contributed by atoms with van der Waals surface area (Å²) in [5.41, 5.74) is 2.04. The standard InChI is InChI=1S/C25H29N3O6/c1-5-7-12-27-23(30)20(24(31)34-6-2)21(15-13-18(32-3)22(29)19(14-15)33-4)28-17-11-9-8-10-16(17)26-25(27)28/h8-11,13-14,20-21,29H,5-7,12H2,1-4H3/t20-,21+/m1/s1. The van der Waals surface area contributed by atoms with Crippen LogP contribution < -0.4 is 14.4 Å². The summed E-state index contributed by atoms with van der Waals surface area (Å²) in [4.78, 5) is 33.4. The molecule has 3 aromatic rings. The number of benzene rings is 2. The number of phenolic OH excluding ortho intramolecular Hbond substituents is 1. The number of amides is 1. The molecule has 1 N–H and O–H groups in total. The molecule has 1 aliphatic heterocycles. The normalized spacial score (nSPS) is 17.5. The van der Waals surface area contributed by atoms with Crippen molar-refractivity contribution in [1.82, 2.24) is 9.55 Å². The lowest BCUT2D eigenvalue weighted by Gasteiger charge is -2.38. The number of unbranched alkanes of at least 4 members (excludes halogenated alkanes) is 1. The molecule has 2 atom stereocenters. The van der Waals surface area contributed by atoms with E-state index in [4.69, 9.17) is 19.2 Å². The topological polar surface area (TPSA) is 103 Å². The molecule has 0 saturated carbocycles. The fourth-order valence-electron chi connectivity index (χ4n) is 4.46. The fraction of sp³-hybridized carbons (Fsp3) is 0.400. The Morgan fingerprint density at radius 2 is 1.79 bits per heavy atom. The molecule has 0 fully saturated rings. The number of hydrogen-bond donors (Lipinski definition) is 1. The molecule has 1 aliphatic rings. The Morgan fingerprint density at radius 1 is 1.12 bits per heavy atom. The molecule has 0 spiro atoms. The lowest BCUT2D eigenvalue weighted by molar-refractivity contribution is -0.153. The molecule has 34 heavy (non-hydrogen) atoms. The molecular formula is C25H29N3O6. The Bertz CT molecular complexity index is 1200. The summed E-state index contributed by atoms with van der Waals surface area (Å²) < 4.78 is 18.0. The van der Waals surface area contributed by atoms with Crippen molar-refractivity contribution < 1.29 is 28.9 Å². The maximum absolute atomic E-state index is 13.8. The van der Waals surface area contributed by atoms with Crippen molar-refractivity contribution in [3.8, 4) is 17.2 Å². The third kappa shape index (κ3) is 3.81. The average molecular weight is 468 g/mol. The van der Waals surface area contributed by atoms with Crippen LogP contribution in [-0.2, 0) is 14.3 Å². The monoisotopic (exact) mass is 467 g/mol. The maximum Gasteiger partial charge on any atom is 0.321 e. The third-order valence-electron chi connectivity index (χ3n) is 6.06. The zero-order valence-corrected chi connectivity index (χ0v) is 19.8. The average Bonchev–Trinajstić information content (AvgIpc) is 3.22. The second-order valence-corrected chi connectivity index (χ2v) is 8.06. The summed E-state index contributed by atoms with van der Waals surface area (Å²) in [6, 6.07) is 9.99. The summed E-state index contributed by atoms with van der Waals surface area (Å²) in [6.45, 7) is 4.32. The Kier molecular flexibility index (Phi) is 6.63. The number of rotatable bonds is 8. The predicted molar refractivity (Wildman–Crippen MR) is 126 cm³/mol. The minimum absolute atomic E-state index is 0.143. The van der Waals surface area contributed by atoms with E-state index >= 15 is 0 Å². The molecule has 9 heteroatoms. The second-order valence-electron chi connectivity index (χ2n) is 8.06. The van der Waals surface area contributed by atoms with Gasteiger partial charge in [-0.1, -0.05) is 25.5 Å². The van der Waals surface area contributed by atoms with Gasteiger partial charge in [-0.05, 0) is 43.2 Å². The summed E-state index contributed by atoms with van der Waals surface area (Å²) >= 11 is 0. The van der Waals surface area contributed by atoms with Crippen molar-refractivity contribution in [2.24, 2.45) is 5.92 Å². The minimum atomic E-state index is -1.15. The van der Waals surface area contributed by atoms with Crippen molar-refractivity contribution in [1.29, 1.82) is 0 Å². The summed E-state index contributed by atoms with van der Waals surface area (Å²) in [6.07, 6.45) is 1.64. The Morgan fingerprint density at radius 3 is 2.41 bits per heavy atom. The van der Waals surface area contributed by atoms with E-state index in [0.29, 0.717) is 23.6 Å². The number of imidazole rings is 1.